The Labute approximate surface area is 111 Å². The van der Waals surface area contributed by atoms with Gasteiger partial charge in [-0.3, -0.25) is 9.59 Å². The summed E-state index contributed by atoms with van der Waals surface area (Å²) >= 11 is 0. The highest BCUT2D eigenvalue weighted by molar-refractivity contribution is 6.39. The summed E-state index contributed by atoms with van der Waals surface area (Å²) in [7, 11) is 1.47. The van der Waals surface area contributed by atoms with Crippen molar-refractivity contribution in [3.8, 4) is 18.4 Å². The van der Waals surface area contributed by atoms with Crippen molar-refractivity contribution in [1.82, 2.24) is 4.90 Å². The number of amides is 2. The molecule has 2 amide bonds. The molecule has 0 atom stereocenters. The van der Waals surface area contributed by atoms with Crippen molar-refractivity contribution in [2.45, 2.75) is 6.42 Å². The fraction of sp³-hybridized carbons (Fsp3) is 0.214. The first kappa shape index (κ1) is 14.3. The van der Waals surface area contributed by atoms with Crippen molar-refractivity contribution >= 4 is 17.5 Å². The second-order valence-electron chi connectivity index (χ2n) is 3.81. The average molecular weight is 255 g/mol. The number of nitriles is 1. The van der Waals surface area contributed by atoms with Gasteiger partial charge in [0.1, 0.15) is 0 Å². The molecule has 0 radical (unpaired) electrons. The summed E-state index contributed by atoms with van der Waals surface area (Å²) in [5, 5.41) is 10.9. The van der Waals surface area contributed by atoms with Gasteiger partial charge in [0.15, 0.2) is 0 Å². The largest absolute Gasteiger partial charge is 0.336 e. The van der Waals surface area contributed by atoms with Gasteiger partial charge in [-0.15, -0.1) is 6.42 Å². The molecule has 1 aromatic rings. The van der Waals surface area contributed by atoms with Crippen LogP contribution in [-0.4, -0.2) is 30.3 Å². The van der Waals surface area contributed by atoms with Crippen LogP contribution in [0, 0.1) is 23.7 Å². The van der Waals surface area contributed by atoms with Crippen LogP contribution >= 0.6 is 0 Å². The Balaban J connectivity index is 2.66. The molecular weight excluding hydrogens is 242 g/mol. The van der Waals surface area contributed by atoms with Gasteiger partial charge >= 0.3 is 11.8 Å². The van der Waals surface area contributed by atoms with Gasteiger partial charge in [-0.2, -0.15) is 5.26 Å². The van der Waals surface area contributed by atoms with Gasteiger partial charge in [-0.25, -0.2) is 0 Å². The van der Waals surface area contributed by atoms with E-state index in [9.17, 15) is 9.59 Å². The highest BCUT2D eigenvalue weighted by Crippen LogP contribution is 2.09. The van der Waals surface area contributed by atoms with Gasteiger partial charge in [0, 0.05) is 24.8 Å². The van der Waals surface area contributed by atoms with Gasteiger partial charge in [0.05, 0.1) is 12.5 Å². The maximum atomic E-state index is 11.7. The summed E-state index contributed by atoms with van der Waals surface area (Å²) in [6.45, 7) is 0.215. The number of terminal acetylenes is 1. The maximum absolute atomic E-state index is 11.7. The molecule has 0 saturated heterocycles. The molecule has 0 bridgehead atoms. The first-order valence-corrected chi connectivity index (χ1v) is 5.58. The van der Waals surface area contributed by atoms with Crippen molar-refractivity contribution in [2.24, 2.45) is 0 Å². The van der Waals surface area contributed by atoms with E-state index in [1.54, 1.807) is 24.3 Å². The van der Waals surface area contributed by atoms with Crippen LogP contribution in [0.15, 0.2) is 24.3 Å². The number of nitrogens with one attached hydrogen (secondary N) is 1. The Hall–Kier alpha value is -2.79. The lowest BCUT2D eigenvalue weighted by Crippen LogP contribution is -2.37. The van der Waals surface area contributed by atoms with Crippen LogP contribution in [0.4, 0.5) is 5.69 Å². The summed E-state index contributed by atoms with van der Waals surface area (Å²) in [5.74, 6) is 0.990. The minimum absolute atomic E-state index is 0.183. The second kappa shape index (κ2) is 6.83. The molecule has 0 aliphatic rings. The van der Waals surface area contributed by atoms with E-state index in [2.05, 4.69) is 11.2 Å². The number of nitrogens with zero attached hydrogens (tertiary/aromatic N) is 2. The lowest BCUT2D eigenvalue weighted by Gasteiger charge is -2.14. The predicted molar refractivity (Wildman–Crippen MR) is 70.9 cm³/mol. The fourth-order valence-electron chi connectivity index (χ4n) is 1.36. The Morgan fingerprint density at radius 2 is 2.21 bits per heavy atom. The SMILES string of the molecule is C#Cc1cccc(NC(=O)C(=O)N(C)CCC#N)c1. The highest BCUT2D eigenvalue weighted by Gasteiger charge is 2.18. The molecule has 96 valence electrons. The van der Waals surface area contributed by atoms with Crippen LogP contribution in [0.2, 0.25) is 0 Å². The number of benzene rings is 1. The van der Waals surface area contributed by atoms with Gasteiger partial charge in [-0.1, -0.05) is 12.0 Å². The molecule has 5 heteroatoms. The van der Waals surface area contributed by atoms with Crippen molar-refractivity contribution < 1.29 is 9.59 Å². The minimum Gasteiger partial charge on any atom is -0.336 e. The summed E-state index contributed by atoms with van der Waals surface area (Å²) in [5.41, 5.74) is 1.07. The van der Waals surface area contributed by atoms with Crippen LogP contribution in [0.3, 0.4) is 0 Å². The van der Waals surface area contributed by atoms with E-state index < -0.39 is 11.8 Å². The highest BCUT2D eigenvalue weighted by atomic mass is 16.2. The number of carbonyl (C=O) groups is 2. The van der Waals surface area contributed by atoms with Crippen molar-refractivity contribution in [3.05, 3.63) is 29.8 Å². The molecule has 0 aromatic heterocycles. The van der Waals surface area contributed by atoms with Gasteiger partial charge < -0.3 is 10.2 Å². The second-order valence-corrected chi connectivity index (χ2v) is 3.81. The zero-order chi connectivity index (χ0) is 14.3. The Morgan fingerprint density at radius 3 is 2.84 bits per heavy atom. The van der Waals surface area contributed by atoms with Crippen molar-refractivity contribution in [3.63, 3.8) is 0 Å². The van der Waals surface area contributed by atoms with E-state index in [0.29, 0.717) is 11.3 Å². The van der Waals surface area contributed by atoms with Gasteiger partial charge in [-0.05, 0) is 18.2 Å². The number of rotatable bonds is 3. The van der Waals surface area contributed by atoms with Crippen LogP contribution in [0.5, 0.6) is 0 Å². The van der Waals surface area contributed by atoms with E-state index in [1.165, 1.54) is 11.9 Å². The summed E-state index contributed by atoms with van der Waals surface area (Å²) in [4.78, 5) is 24.5. The van der Waals surface area contributed by atoms with Crippen molar-refractivity contribution in [1.29, 1.82) is 5.26 Å². The average Bonchev–Trinajstić information content (AvgIpc) is 2.43. The van der Waals surface area contributed by atoms with E-state index >= 15 is 0 Å². The first-order chi connectivity index (χ1) is 9.08. The monoisotopic (exact) mass is 255 g/mol. The predicted octanol–water partition coefficient (Wildman–Crippen LogP) is 0.978. The maximum Gasteiger partial charge on any atom is 0.313 e. The third kappa shape index (κ3) is 4.18. The third-order valence-corrected chi connectivity index (χ3v) is 2.39. The Bertz CT molecular complexity index is 567. The molecule has 1 aromatic carbocycles. The zero-order valence-electron chi connectivity index (χ0n) is 10.5. The van der Waals surface area contributed by atoms with Crippen LogP contribution < -0.4 is 5.32 Å². The minimum atomic E-state index is -0.755. The smallest absolute Gasteiger partial charge is 0.313 e. The number of anilines is 1. The zero-order valence-corrected chi connectivity index (χ0v) is 10.5. The number of hydrogen-bond acceptors (Lipinski definition) is 3. The molecule has 0 unspecified atom stereocenters. The molecule has 0 aliphatic heterocycles. The molecule has 0 fully saturated rings. The molecule has 0 aliphatic carbocycles. The lowest BCUT2D eigenvalue weighted by atomic mass is 10.2. The van der Waals surface area contributed by atoms with Crippen LogP contribution in [-0.2, 0) is 9.59 Å². The Kier molecular flexibility index (Phi) is 5.13. The molecule has 1 rings (SSSR count). The van der Waals surface area contributed by atoms with Gasteiger partial charge in [0.2, 0.25) is 0 Å². The summed E-state index contributed by atoms with van der Waals surface area (Å²) in [6.07, 6.45) is 5.43. The van der Waals surface area contributed by atoms with E-state index in [4.69, 9.17) is 11.7 Å². The van der Waals surface area contributed by atoms with E-state index in [-0.39, 0.29) is 13.0 Å². The van der Waals surface area contributed by atoms with Gasteiger partial charge in [0.25, 0.3) is 0 Å². The molecule has 5 nitrogen and oxygen atoms in total. The Morgan fingerprint density at radius 1 is 1.47 bits per heavy atom. The summed E-state index contributed by atoms with van der Waals surface area (Å²) < 4.78 is 0. The molecule has 0 saturated carbocycles. The van der Waals surface area contributed by atoms with E-state index in [0.717, 1.165) is 0 Å². The van der Waals surface area contributed by atoms with Crippen LogP contribution in [0.25, 0.3) is 0 Å². The quantitative estimate of drug-likeness (QED) is 0.646. The molecule has 1 N–H and O–H groups in total. The topological polar surface area (TPSA) is 73.2 Å². The number of hydrogen-bond donors (Lipinski definition) is 1. The van der Waals surface area contributed by atoms with Crippen LogP contribution in [0.1, 0.15) is 12.0 Å². The fourth-order valence-corrected chi connectivity index (χ4v) is 1.36. The van der Waals surface area contributed by atoms with E-state index in [1.807, 2.05) is 6.07 Å². The third-order valence-electron chi connectivity index (χ3n) is 2.39. The standard InChI is InChI=1S/C14H13N3O2/c1-3-11-6-4-7-12(10-11)16-13(18)14(19)17(2)9-5-8-15/h1,4,6-7,10H,5,9H2,2H3,(H,16,18). The normalized spacial score (nSPS) is 9.00. The molecule has 19 heavy (non-hydrogen) atoms. The lowest BCUT2D eigenvalue weighted by molar-refractivity contribution is -0.142. The number of likely N-dealkylation sites (N-methyl/N-ethyl adjacent to an activating group) is 1. The molecule has 0 heterocycles. The summed E-state index contributed by atoms with van der Waals surface area (Å²) in [6, 6.07) is 8.56. The molecular formula is C14H13N3O2. The molecule has 0 spiro atoms. The first-order valence-electron chi connectivity index (χ1n) is 5.58. The number of carbonyl (C=O) groups excluding carboxylic acids is 2. The van der Waals surface area contributed by atoms with Crippen molar-refractivity contribution in [2.75, 3.05) is 18.9 Å².